The Morgan fingerprint density at radius 1 is 1.21 bits per heavy atom. The third-order valence-corrected chi connectivity index (χ3v) is 5.66. The van der Waals surface area contributed by atoms with Gasteiger partial charge < -0.3 is 15.0 Å². The van der Waals surface area contributed by atoms with Crippen LogP contribution in [-0.2, 0) is 4.74 Å². The molecule has 174 valence electrons. The van der Waals surface area contributed by atoms with Gasteiger partial charge in [0.15, 0.2) is 5.00 Å². The summed E-state index contributed by atoms with van der Waals surface area (Å²) in [4.78, 5) is 24.3. The Kier molecular flexibility index (Phi) is 8.64. The number of ether oxygens (including phenoxy) is 1. The van der Waals surface area contributed by atoms with Crippen LogP contribution in [0.1, 0.15) is 26.7 Å². The second-order valence-electron chi connectivity index (χ2n) is 7.16. The highest BCUT2D eigenvalue weighted by molar-refractivity contribution is 7.11. The molecule has 33 heavy (non-hydrogen) atoms. The summed E-state index contributed by atoms with van der Waals surface area (Å²) in [6.07, 6.45) is 1.55. The number of carbonyl (C=O) groups is 1. The molecule has 1 amide bonds. The predicted molar refractivity (Wildman–Crippen MR) is 129 cm³/mol. The number of amides is 1. The number of rotatable bonds is 11. The summed E-state index contributed by atoms with van der Waals surface area (Å²) in [5, 5.41) is 23.4. The summed E-state index contributed by atoms with van der Waals surface area (Å²) in [6.45, 7) is 6.34. The minimum atomic E-state index is -0.444. The fourth-order valence-electron chi connectivity index (χ4n) is 3.07. The minimum absolute atomic E-state index is 0.00872. The van der Waals surface area contributed by atoms with Crippen molar-refractivity contribution in [2.24, 2.45) is 10.2 Å². The molecule has 11 heteroatoms. The fraction of sp³-hybridized carbons (Fsp3) is 0.364. The first-order valence-corrected chi connectivity index (χ1v) is 11.5. The second kappa shape index (κ2) is 11.9. The van der Waals surface area contributed by atoms with Crippen LogP contribution in [0.4, 0.5) is 26.9 Å². The predicted octanol–water partition coefficient (Wildman–Crippen LogP) is 5.97. The van der Waals surface area contributed by atoms with Crippen LogP contribution in [0.15, 0.2) is 52.7 Å². The van der Waals surface area contributed by atoms with E-state index in [0.29, 0.717) is 34.7 Å². The summed E-state index contributed by atoms with van der Waals surface area (Å²) < 4.78 is 9.49. The Balaban J connectivity index is 1.59. The van der Waals surface area contributed by atoms with E-state index in [-0.39, 0.29) is 12.3 Å². The average molecular weight is 471 g/mol. The number of unbranched alkanes of at least 4 members (excludes halogenated alkanes) is 1. The number of likely N-dealkylation sites (N-methyl/N-ethyl adjacent to an activating group) is 1. The van der Waals surface area contributed by atoms with Crippen LogP contribution in [-0.4, -0.2) is 41.6 Å². The van der Waals surface area contributed by atoms with Gasteiger partial charge in [0.05, 0.1) is 22.7 Å². The van der Waals surface area contributed by atoms with Crippen molar-refractivity contribution in [1.29, 1.82) is 0 Å². The van der Waals surface area contributed by atoms with Crippen LogP contribution in [0.5, 0.6) is 0 Å². The van der Waals surface area contributed by atoms with Crippen LogP contribution < -0.4 is 10.2 Å². The number of hydrogen-bond donors (Lipinski definition) is 1. The number of azo groups is 1. The van der Waals surface area contributed by atoms with Gasteiger partial charge in [0.2, 0.25) is 0 Å². The fourth-order valence-corrected chi connectivity index (χ4v) is 3.76. The third-order valence-electron chi connectivity index (χ3n) is 4.90. The number of fused-ring (bicyclic) bond motifs is 1. The molecule has 0 aliphatic heterocycles. The molecule has 0 saturated heterocycles. The first-order valence-electron chi connectivity index (χ1n) is 10.7. The van der Waals surface area contributed by atoms with E-state index in [0.717, 1.165) is 36.6 Å². The number of anilines is 1. The van der Waals surface area contributed by atoms with Crippen molar-refractivity contribution in [1.82, 2.24) is 9.69 Å². The Morgan fingerprint density at radius 2 is 2.00 bits per heavy atom. The summed E-state index contributed by atoms with van der Waals surface area (Å²) in [7, 11) is 0. The summed E-state index contributed by atoms with van der Waals surface area (Å²) in [5.41, 5.74) is 2.26. The SMILES string of the molecule is CCCCNC(=O)OCCN(CC)c1ccc(N=Nc2snc3ccc([N+](=O)[O-])cc23)cc1. The molecule has 0 saturated carbocycles. The molecular weight excluding hydrogens is 444 g/mol. The smallest absolute Gasteiger partial charge is 0.407 e. The zero-order valence-corrected chi connectivity index (χ0v) is 19.4. The van der Waals surface area contributed by atoms with E-state index >= 15 is 0 Å². The van der Waals surface area contributed by atoms with Crippen molar-refractivity contribution in [3.05, 3.63) is 52.6 Å². The lowest BCUT2D eigenvalue weighted by Crippen LogP contribution is -2.31. The van der Waals surface area contributed by atoms with Crippen molar-refractivity contribution in [2.45, 2.75) is 26.7 Å². The van der Waals surface area contributed by atoms with Crippen LogP contribution in [0.3, 0.4) is 0 Å². The molecule has 0 unspecified atom stereocenters. The molecular formula is C22H26N6O4S. The highest BCUT2D eigenvalue weighted by Gasteiger charge is 2.12. The lowest BCUT2D eigenvalue weighted by atomic mass is 10.2. The van der Waals surface area contributed by atoms with Gasteiger partial charge in [0, 0.05) is 36.3 Å². The van der Waals surface area contributed by atoms with E-state index < -0.39 is 11.0 Å². The number of nitro benzene ring substituents is 1. The molecule has 10 nitrogen and oxygen atoms in total. The number of nitrogens with one attached hydrogen (secondary N) is 1. The number of aromatic nitrogens is 1. The van der Waals surface area contributed by atoms with E-state index in [1.807, 2.05) is 31.2 Å². The normalized spacial score (nSPS) is 11.1. The van der Waals surface area contributed by atoms with Gasteiger partial charge in [-0.2, -0.15) is 4.37 Å². The van der Waals surface area contributed by atoms with Gasteiger partial charge in [-0.15, -0.1) is 10.2 Å². The largest absolute Gasteiger partial charge is 0.448 e. The first kappa shape index (κ1) is 24.1. The molecule has 3 aromatic rings. The van der Waals surface area contributed by atoms with E-state index in [2.05, 4.69) is 31.7 Å². The lowest BCUT2D eigenvalue weighted by molar-refractivity contribution is -0.384. The number of carbonyl (C=O) groups excluding carboxylic acids is 1. The van der Waals surface area contributed by atoms with Gasteiger partial charge >= 0.3 is 6.09 Å². The highest BCUT2D eigenvalue weighted by atomic mass is 32.1. The van der Waals surface area contributed by atoms with E-state index in [9.17, 15) is 14.9 Å². The van der Waals surface area contributed by atoms with Crippen molar-refractivity contribution >= 4 is 50.6 Å². The van der Waals surface area contributed by atoms with Gasteiger partial charge in [0.25, 0.3) is 5.69 Å². The Hall–Kier alpha value is -3.60. The molecule has 0 spiro atoms. The average Bonchev–Trinajstić information content (AvgIpc) is 3.23. The van der Waals surface area contributed by atoms with E-state index in [1.54, 1.807) is 6.07 Å². The number of benzene rings is 2. The van der Waals surface area contributed by atoms with Crippen LogP contribution in [0.25, 0.3) is 10.9 Å². The van der Waals surface area contributed by atoms with E-state index in [4.69, 9.17) is 4.74 Å². The number of alkyl carbamates (subject to hydrolysis) is 1. The molecule has 1 N–H and O–H groups in total. The van der Waals surface area contributed by atoms with Crippen molar-refractivity contribution in [3.8, 4) is 0 Å². The summed E-state index contributed by atoms with van der Waals surface area (Å²) in [5.74, 6) is 0. The molecule has 0 aliphatic rings. The molecule has 0 atom stereocenters. The molecule has 0 bridgehead atoms. The van der Waals surface area contributed by atoms with Crippen LogP contribution in [0, 0.1) is 10.1 Å². The van der Waals surface area contributed by atoms with Gasteiger partial charge in [0.1, 0.15) is 6.61 Å². The Morgan fingerprint density at radius 3 is 2.70 bits per heavy atom. The van der Waals surface area contributed by atoms with Crippen molar-refractivity contribution in [2.75, 3.05) is 31.1 Å². The molecule has 0 fully saturated rings. The third kappa shape index (κ3) is 6.69. The molecule has 1 heterocycles. The van der Waals surface area contributed by atoms with Gasteiger partial charge in [-0.3, -0.25) is 10.1 Å². The summed E-state index contributed by atoms with van der Waals surface area (Å²) in [6, 6.07) is 12.0. The number of nitrogens with zero attached hydrogens (tertiary/aromatic N) is 5. The van der Waals surface area contributed by atoms with Crippen LogP contribution in [0.2, 0.25) is 0 Å². The number of hydrogen-bond acceptors (Lipinski definition) is 9. The molecule has 3 rings (SSSR count). The first-order chi connectivity index (χ1) is 16.0. The zero-order valence-electron chi connectivity index (χ0n) is 18.6. The van der Waals surface area contributed by atoms with Crippen molar-refractivity contribution in [3.63, 3.8) is 0 Å². The summed E-state index contributed by atoms with van der Waals surface area (Å²) >= 11 is 1.14. The Labute approximate surface area is 195 Å². The maximum Gasteiger partial charge on any atom is 0.407 e. The Bertz CT molecular complexity index is 1120. The topological polar surface area (TPSA) is 122 Å². The number of non-ortho nitro benzene ring substituents is 1. The maximum atomic E-state index is 11.7. The second-order valence-corrected chi connectivity index (χ2v) is 7.91. The zero-order chi connectivity index (χ0) is 23.6. The quantitative estimate of drug-likeness (QED) is 0.159. The monoisotopic (exact) mass is 470 g/mol. The molecule has 2 aromatic carbocycles. The van der Waals surface area contributed by atoms with Gasteiger partial charge in [-0.05, 0) is 55.2 Å². The number of nitro groups is 1. The molecule has 1 aromatic heterocycles. The van der Waals surface area contributed by atoms with Crippen molar-refractivity contribution < 1.29 is 14.5 Å². The maximum absolute atomic E-state index is 11.7. The standard InChI is InChI=1S/C22H26N6O4S/c1-3-5-12-23-22(29)32-14-13-27(4-2)17-8-6-16(7-9-17)24-25-21-19-15-18(28(30)31)10-11-20(19)26-33-21/h6-11,15H,3-5,12-14H2,1-2H3,(H,23,29). The van der Waals surface area contributed by atoms with Gasteiger partial charge in [-0.25, -0.2) is 4.79 Å². The van der Waals surface area contributed by atoms with E-state index in [1.165, 1.54) is 12.1 Å². The lowest BCUT2D eigenvalue weighted by Gasteiger charge is -2.23. The van der Waals surface area contributed by atoms with Gasteiger partial charge in [-0.1, -0.05) is 13.3 Å². The molecule has 0 radical (unpaired) electrons. The van der Waals surface area contributed by atoms with Crippen LogP contribution >= 0.6 is 11.5 Å². The highest BCUT2D eigenvalue weighted by Crippen LogP contribution is 2.34. The molecule has 0 aliphatic carbocycles. The minimum Gasteiger partial charge on any atom is -0.448 e.